The molecule has 0 saturated carbocycles. The minimum absolute atomic E-state index is 0.00829. The maximum Gasteiger partial charge on any atom is 0.246 e. The molecule has 0 atom stereocenters. The minimum atomic E-state index is -1.26. The van der Waals surface area contributed by atoms with Crippen LogP contribution in [0.25, 0.3) is 0 Å². The lowest BCUT2D eigenvalue weighted by atomic mass is 10.1. The molecule has 1 amide bonds. The first kappa shape index (κ1) is 14.4. The predicted octanol–water partition coefficient (Wildman–Crippen LogP) is 2.77. The second-order valence-electron chi connectivity index (χ2n) is 5.07. The van der Waals surface area contributed by atoms with Crippen molar-refractivity contribution in [3.8, 4) is 0 Å². The lowest BCUT2D eigenvalue weighted by molar-refractivity contribution is -0.117. The number of fused-ring (bicyclic) bond motifs is 1. The summed E-state index contributed by atoms with van der Waals surface area (Å²) in [5, 5.41) is 2.86. The fourth-order valence-corrected chi connectivity index (χ4v) is 2.31. The average molecular weight is 307 g/mol. The lowest BCUT2D eigenvalue weighted by Crippen LogP contribution is -2.40. The summed E-state index contributed by atoms with van der Waals surface area (Å²) in [6, 6.07) is 2.97. The van der Waals surface area contributed by atoms with E-state index < -0.39 is 17.5 Å². The highest BCUT2D eigenvalue weighted by molar-refractivity contribution is 6.01. The van der Waals surface area contributed by atoms with Crippen LogP contribution in [0.5, 0.6) is 0 Å². The summed E-state index contributed by atoms with van der Waals surface area (Å²) in [5.74, 6) is -3.11. The smallest absolute Gasteiger partial charge is 0.246 e. The Labute approximate surface area is 124 Å². The van der Waals surface area contributed by atoms with Crippen molar-refractivity contribution in [2.75, 3.05) is 16.8 Å². The van der Waals surface area contributed by atoms with Gasteiger partial charge in [-0.25, -0.2) is 18.2 Å². The number of nitrogens with zero attached hydrogens (tertiary/aromatic N) is 2. The van der Waals surface area contributed by atoms with Gasteiger partial charge in [0.25, 0.3) is 0 Å². The Hall–Kier alpha value is -2.57. The molecule has 0 radical (unpaired) electrons. The van der Waals surface area contributed by atoms with Gasteiger partial charge in [-0.1, -0.05) is 0 Å². The highest BCUT2D eigenvalue weighted by Gasteiger charge is 2.26. The molecule has 2 aromatic rings. The van der Waals surface area contributed by atoms with Crippen molar-refractivity contribution in [2.24, 2.45) is 0 Å². The number of rotatable bonds is 2. The first-order valence-corrected chi connectivity index (χ1v) is 6.60. The largest absolute Gasteiger partial charge is 0.359 e. The standard InChI is InChI=1S/C15H12F3N3O/c1-8-2-13-15(19-5-8)20-6-14(22)21(13)7-9-3-11(17)12(18)4-10(9)16/h2-5H,6-7H2,1H3,(H,19,20). The number of amides is 1. The minimum Gasteiger partial charge on any atom is -0.359 e. The molecule has 1 aromatic carbocycles. The molecule has 3 rings (SSSR count). The molecule has 2 heterocycles. The van der Waals surface area contributed by atoms with E-state index in [1.807, 2.05) is 6.92 Å². The third-order valence-corrected chi connectivity index (χ3v) is 3.42. The van der Waals surface area contributed by atoms with Gasteiger partial charge in [-0.3, -0.25) is 4.79 Å². The van der Waals surface area contributed by atoms with E-state index in [1.165, 1.54) is 4.90 Å². The molecule has 0 saturated heterocycles. The predicted molar refractivity (Wildman–Crippen MR) is 75.0 cm³/mol. The molecule has 0 aliphatic carbocycles. The third-order valence-electron chi connectivity index (χ3n) is 3.42. The van der Waals surface area contributed by atoms with Crippen molar-refractivity contribution >= 4 is 17.4 Å². The number of aromatic nitrogens is 1. The Morgan fingerprint density at radius 2 is 1.91 bits per heavy atom. The molecule has 114 valence electrons. The maximum absolute atomic E-state index is 13.8. The van der Waals surface area contributed by atoms with Crippen molar-refractivity contribution in [1.29, 1.82) is 0 Å². The van der Waals surface area contributed by atoms with Crippen LogP contribution in [0.2, 0.25) is 0 Å². The summed E-state index contributed by atoms with van der Waals surface area (Å²) >= 11 is 0. The molecule has 22 heavy (non-hydrogen) atoms. The van der Waals surface area contributed by atoms with Gasteiger partial charge in [0.15, 0.2) is 11.6 Å². The van der Waals surface area contributed by atoms with Gasteiger partial charge in [0.2, 0.25) is 5.91 Å². The van der Waals surface area contributed by atoms with Crippen molar-refractivity contribution in [2.45, 2.75) is 13.5 Å². The van der Waals surface area contributed by atoms with Gasteiger partial charge in [-0.2, -0.15) is 0 Å². The Balaban J connectivity index is 2.00. The Morgan fingerprint density at radius 3 is 2.68 bits per heavy atom. The van der Waals surface area contributed by atoms with E-state index in [-0.39, 0.29) is 24.6 Å². The summed E-state index contributed by atoms with van der Waals surface area (Å²) in [5.41, 5.74) is 1.22. The van der Waals surface area contributed by atoms with Gasteiger partial charge in [0, 0.05) is 17.8 Å². The van der Waals surface area contributed by atoms with E-state index in [0.717, 1.165) is 11.6 Å². The number of aryl methyl sites for hydroxylation is 1. The number of hydrogen-bond donors (Lipinski definition) is 1. The number of carbonyl (C=O) groups is 1. The zero-order chi connectivity index (χ0) is 15.9. The fraction of sp³-hybridized carbons (Fsp3) is 0.200. The molecule has 0 bridgehead atoms. The van der Waals surface area contributed by atoms with E-state index in [9.17, 15) is 18.0 Å². The van der Waals surface area contributed by atoms with Crippen molar-refractivity contribution in [1.82, 2.24) is 4.98 Å². The first-order chi connectivity index (χ1) is 10.5. The van der Waals surface area contributed by atoms with Crippen LogP contribution >= 0.6 is 0 Å². The van der Waals surface area contributed by atoms with E-state index in [1.54, 1.807) is 12.3 Å². The second kappa shape index (κ2) is 5.32. The Kier molecular flexibility index (Phi) is 3.48. The van der Waals surface area contributed by atoms with Gasteiger partial charge in [-0.05, 0) is 24.6 Å². The summed E-state index contributed by atoms with van der Waals surface area (Å²) in [4.78, 5) is 17.6. The van der Waals surface area contributed by atoms with E-state index in [0.29, 0.717) is 17.6 Å². The van der Waals surface area contributed by atoms with Gasteiger partial charge in [0.1, 0.15) is 11.6 Å². The molecule has 4 nitrogen and oxygen atoms in total. The zero-order valence-corrected chi connectivity index (χ0v) is 11.7. The van der Waals surface area contributed by atoms with Crippen LogP contribution in [-0.2, 0) is 11.3 Å². The summed E-state index contributed by atoms with van der Waals surface area (Å²) in [6.45, 7) is 1.62. The van der Waals surface area contributed by atoms with Crippen molar-refractivity contribution in [3.63, 3.8) is 0 Å². The molecule has 0 spiro atoms. The molecule has 7 heteroatoms. The van der Waals surface area contributed by atoms with Crippen LogP contribution in [0.15, 0.2) is 24.4 Å². The van der Waals surface area contributed by atoms with E-state index >= 15 is 0 Å². The quantitative estimate of drug-likeness (QED) is 0.868. The molecule has 0 fully saturated rings. The summed E-state index contributed by atoms with van der Waals surface area (Å²) < 4.78 is 40.1. The Bertz CT molecular complexity index is 764. The number of pyridine rings is 1. The number of halogens is 3. The van der Waals surface area contributed by atoms with Crippen LogP contribution < -0.4 is 10.2 Å². The first-order valence-electron chi connectivity index (χ1n) is 6.60. The van der Waals surface area contributed by atoms with Gasteiger partial charge >= 0.3 is 0 Å². The molecule has 1 aromatic heterocycles. The Morgan fingerprint density at radius 1 is 1.18 bits per heavy atom. The molecule has 1 aliphatic rings. The maximum atomic E-state index is 13.8. The second-order valence-corrected chi connectivity index (χ2v) is 5.07. The molecular weight excluding hydrogens is 295 g/mol. The van der Waals surface area contributed by atoms with Crippen LogP contribution in [0.3, 0.4) is 0 Å². The van der Waals surface area contributed by atoms with Gasteiger partial charge < -0.3 is 10.2 Å². The van der Waals surface area contributed by atoms with Crippen LogP contribution in [0, 0.1) is 24.4 Å². The fourth-order valence-electron chi connectivity index (χ4n) is 2.31. The van der Waals surface area contributed by atoms with Crippen LogP contribution in [-0.4, -0.2) is 17.4 Å². The van der Waals surface area contributed by atoms with Gasteiger partial charge in [0.05, 0.1) is 18.8 Å². The lowest BCUT2D eigenvalue weighted by Gasteiger charge is -2.29. The highest BCUT2D eigenvalue weighted by Crippen LogP contribution is 2.30. The zero-order valence-electron chi connectivity index (χ0n) is 11.7. The van der Waals surface area contributed by atoms with Crippen molar-refractivity contribution < 1.29 is 18.0 Å². The number of hydrogen-bond acceptors (Lipinski definition) is 3. The highest BCUT2D eigenvalue weighted by atomic mass is 19.2. The SMILES string of the molecule is Cc1cnc2c(c1)N(Cc1cc(F)c(F)cc1F)C(=O)CN2. The number of nitrogens with one attached hydrogen (secondary N) is 1. The molecular formula is C15H12F3N3O. The van der Waals surface area contributed by atoms with E-state index in [2.05, 4.69) is 10.3 Å². The topological polar surface area (TPSA) is 45.2 Å². The van der Waals surface area contributed by atoms with Gasteiger partial charge in [-0.15, -0.1) is 0 Å². The monoisotopic (exact) mass is 307 g/mol. The summed E-state index contributed by atoms with van der Waals surface area (Å²) in [6.07, 6.45) is 1.64. The molecule has 1 aliphatic heterocycles. The number of benzene rings is 1. The number of carbonyl (C=O) groups excluding carboxylic acids is 1. The normalized spacial score (nSPS) is 13.8. The molecule has 0 unspecified atom stereocenters. The van der Waals surface area contributed by atoms with Crippen LogP contribution in [0.4, 0.5) is 24.7 Å². The molecule has 1 N–H and O–H groups in total. The summed E-state index contributed by atoms with van der Waals surface area (Å²) in [7, 11) is 0. The third kappa shape index (κ3) is 2.49. The van der Waals surface area contributed by atoms with Crippen LogP contribution in [0.1, 0.15) is 11.1 Å². The van der Waals surface area contributed by atoms with E-state index in [4.69, 9.17) is 0 Å². The average Bonchev–Trinajstić information content (AvgIpc) is 2.47. The van der Waals surface area contributed by atoms with Crippen molar-refractivity contribution in [3.05, 3.63) is 53.0 Å². The number of anilines is 2.